The molecule has 2 aromatic carbocycles. The zero-order valence-corrected chi connectivity index (χ0v) is 17.0. The summed E-state index contributed by atoms with van der Waals surface area (Å²) in [6.45, 7) is 4.11. The predicted octanol–water partition coefficient (Wildman–Crippen LogP) is 4.78. The fourth-order valence-electron chi connectivity index (χ4n) is 2.67. The number of hydrogen-bond acceptors (Lipinski definition) is 6. The van der Waals surface area contributed by atoms with E-state index in [9.17, 15) is 14.9 Å². The number of hydrogen-bond donors (Lipinski definition) is 0. The van der Waals surface area contributed by atoms with Gasteiger partial charge in [0.1, 0.15) is 16.7 Å². The number of benzene rings is 2. The Balaban J connectivity index is 1.77. The molecule has 0 aliphatic carbocycles. The number of nitro groups is 1. The van der Waals surface area contributed by atoms with Crippen molar-refractivity contribution in [1.82, 2.24) is 4.90 Å². The molecule has 1 fully saturated rings. The van der Waals surface area contributed by atoms with Gasteiger partial charge in [-0.25, -0.2) is 0 Å². The van der Waals surface area contributed by atoms with Crippen LogP contribution in [0.5, 0.6) is 5.75 Å². The van der Waals surface area contributed by atoms with Crippen LogP contribution in [-0.2, 0) is 11.4 Å². The fourth-order valence-corrected chi connectivity index (χ4v) is 4.19. The molecule has 0 saturated carbocycles. The summed E-state index contributed by atoms with van der Waals surface area (Å²) in [6, 6.07) is 13.6. The van der Waals surface area contributed by atoms with E-state index in [4.69, 9.17) is 17.0 Å². The van der Waals surface area contributed by atoms with Crippen LogP contribution in [0, 0.1) is 10.1 Å². The van der Waals surface area contributed by atoms with E-state index >= 15 is 0 Å². The van der Waals surface area contributed by atoms with E-state index in [1.165, 1.54) is 23.9 Å². The van der Waals surface area contributed by atoms with Crippen LogP contribution in [0.3, 0.4) is 0 Å². The first-order valence-electron chi connectivity index (χ1n) is 8.59. The molecule has 1 heterocycles. The molecule has 3 rings (SSSR count). The molecule has 0 spiro atoms. The number of rotatable bonds is 6. The maximum atomic E-state index is 12.6. The maximum Gasteiger partial charge on any atom is 0.269 e. The molecule has 1 aliphatic heterocycles. The first-order valence-corrected chi connectivity index (χ1v) is 9.81. The standard InChI is InChI=1S/C20H18N2O4S2/c1-13(2)21-19(23)18(28-20(21)27)11-15-5-3-4-6-17(15)26-12-14-7-9-16(10-8-14)22(24)25/h3-11,13H,12H2,1-2H3/b18-11-. The Labute approximate surface area is 172 Å². The highest BCUT2D eigenvalue weighted by atomic mass is 32.2. The molecule has 1 amide bonds. The van der Waals surface area contributed by atoms with E-state index in [1.54, 1.807) is 23.1 Å². The van der Waals surface area contributed by atoms with Crippen LogP contribution >= 0.6 is 24.0 Å². The van der Waals surface area contributed by atoms with Gasteiger partial charge in [-0.3, -0.25) is 19.8 Å². The number of non-ortho nitro benzene ring substituents is 1. The topological polar surface area (TPSA) is 72.7 Å². The van der Waals surface area contributed by atoms with Gasteiger partial charge in [0.05, 0.1) is 9.83 Å². The van der Waals surface area contributed by atoms with Crippen molar-refractivity contribution < 1.29 is 14.5 Å². The Kier molecular flexibility index (Phi) is 6.11. The number of para-hydroxylation sites is 1. The van der Waals surface area contributed by atoms with Gasteiger partial charge in [-0.15, -0.1) is 0 Å². The van der Waals surface area contributed by atoms with Crippen molar-refractivity contribution in [1.29, 1.82) is 0 Å². The molecule has 0 N–H and O–H groups in total. The van der Waals surface area contributed by atoms with Crippen molar-refractivity contribution in [2.75, 3.05) is 0 Å². The minimum Gasteiger partial charge on any atom is -0.488 e. The molecule has 6 nitrogen and oxygen atoms in total. The van der Waals surface area contributed by atoms with Crippen LogP contribution in [-0.4, -0.2) is 26.1 Å². The molecule has 1 aliphatic rings. The second kappa shape index (κ2) is 8.53. The van der Waals surface area contributed by atoms with E-state index in [1.807, 2.05) is 38.1 Å². The SMILES string of the molecule is CC(C)N1C(=O)/C(=C/c2ccccc2OCc2ccc([N+](=O)[O-])cc2)SC1=S. The lowest BCUT2D eigenvalue weighted by atomic mass is 10.1. The Morgan fingerprint density at radius 3 is 2.50 bits per heavy atom. The summed E-state index contributed by atoms with van der Waals surface area (Å²) in [5.74, 6) is 0.519. The lowest BCUT2D eigenvalue weighted by Gasteiger charge is -2.18. The normalized spacial score (nSPS) is 15.5. The molecule has 0 radical (unpaired) electrons. The summed E-state index contributed by atoms with van der Waals surface area (Å²) in [4.78, 5) is 25.1. The van der Waals surface area contributed by atoms with E-state index < -0.39 is 4.92 Å². The second-order valence-electron chi connectivity index (χ2n) is 6.40. The first kappa shape index (κ1) is 20.0. The third-order valence-electron chi connectivity index (χ3n) is 4.09. The molecule has 0 unspecified atom stereocenters. The van der Waals surface area contributed by atoms with Gasteiger partial charge in [-0.05, 0) is 43.7 Å². The zero-order valence-electron chi connectivity index (χ0n) is 15.3. The summed E-state index contributed by atoms with van der Waals surface area (Å²) >= 11 is 6.59. The molecular weight excluding hydrogens is 396 g/mol. The quantitative estimate of drug-likeness (QED) is 0.293. The Morgan fingerprint density at radius 1 is 1.21 bits per heavy atom. The van der Waals surface area contributed by atoms with E-state index in [-0.39, 0.29) is 24.2 Å². The minimum atomic E-state index is -0.437. The molecule has 2 aromatic rings. The average molecular weight is 415 g/mol. The van der Waals surface area contributed by atoms with Gasteiger partial charge in [0.2, 0.25) is 0 Å². The largest absolute Gasteiger partial charge is 0.488 e. The van der Waals surface area contributed by atoms with Crippen molar-refractivity contribution in [3.8, 4) is 5.75 Å². The summed E-state index contributed by atoms with van der Waals surface area (Å²) in [5, 5.41) is 10.7. The monoisotopic (exact) mass is 414 g/mol. The van der Waals surface area contributed by atoms with Crippen LogP contribution in [0.15, 0.2) is 53.4 Å². The average Bonchev–Trinajstić information content (AvgIpc) is 2.94. The number of carbonyl (C=O) groups is 1. The maximum absolute atomic E-state index is 12.6. The molecule has 1 saturated heterocycles. The van der Waals surface area contributed by atoms with Crippen molar-refractivity contribution in [3.63, 3.8) is 0 Å². The summed E-state index contributed by atoms with van der Waals surface area (Å²) in [7, 11) is 0. The smallest absolute Gasteiger partial charge is 0.269 e. The van der Waals surface area contributed by atoms with Crippen LogP contribution in [0.4, 0.5) is 5.69 Å². The van der Waals surface area contributed by atoms with Crippen LogP contribution < -0.4 is 4.74 Å². The van der Waals surface area contributed by atoms with E-state index in [0.717, 1.165) is 11.1 Å². The number of nitrogens with zero attached hydrogens (tertiary/aromatic N) is 2. The first-order chi connectivity index (χ1) is 13.4. The molecule has 0 aromatic heterocycles. The third-order valence-corrected chi connectivity index (χ3v) is 5.42. The number of carbonyl (C=O) groups excluding carboxylic acids is 1. The van der Waals surface area contributed by atoms with Crippen LogP contribution in [0.2, 0.25) is 0 Å². The molecular formula is C20H18N2O4S2. The number of amides is 1. The van der Waals surface area contributed by atoms with Gasteiger partial charge in [-0.1, -0.05) is 42.2 Å². The van der Waals surface area contributed by atoms with Crippen LogP contribution in [0.1, 0.15) is 25.0 Å². The van der Waals surface area contributed by atoms with Gasteiger partial charge < -0.3 is 4.74 Å². The van der Waals surface area contributed by atoms with Crippen molar-refractivity contribution in [2.45, 2.75) is 26.5 Å². The minimum absolute atomic E-state index is 0.00651. The molecule has 144 valence electrons. The fraction of sp³-hybridized carbons (Fsp3) is 0.200. The molecule has 0 atom stereocenters. The van der Waals surface area contributed by atoms with Crippen molar-refractivity contribution >= 4 is 46.0 Å². The second-order valence-corrected chi connectivity index (χ2v) is 8.07. The molecule has 28 heavy (non-hydrogen) atoms. The lowest BCUT2D eigenvalue weighted by Crippen LogP contribution is -2.34. The summed E-state index contributed by atoms with van der Waals surface area (Å²) in [6.07, 6.45) is 1.78. The van der Waals surface area contributed by atoms with E-state index in [2.05, 4.69) is 0 Å². The third kappa shape index (κ3) is 4.40. The van der Waals surface area contributed by atoms with Crippen LogP contribution in [0.25, 0.3) is 6.08 Å². The molecule has 0 bridgehead atoms. The zero-order chi connectivity index (χ0) is 20.3. The summed E-state index contributed by atoms with van der Waals surface area (Å²) < 4.78 is 6.44. The molecule has 8 heteroatoms. The highest BCUT2D eigenvalue weighted by Crippen LogP contribution is 2.35. The number of thiocarbonyl (C=S) groups is 1. The van der Waals surface area contributed by atoms with Crippen molar-refractivity contribution in [3.05, 3.63) is 74.7 Å². The predicted molar refractivity (Wildman–Crippen MR) is 114 cm³/mol. The van der Waals surface area contributed by atoms with Crippen molar-refractivity contribution in [2.24, 2.45) is 0 Å². The van der Waals surface area contributed by atoms with Gasteiger partial charge in [0.25, 0.3) is 11.6 Å². The number of thioether (sulfide) groups is 1. The summed E-state index contributed by atoms with van der Waals surface area (Å²) in [5.41, 5.74) is 1.62. The van der Waals surface area contributed by atoms with Gasteiger partial charge in [0, 0.05) is 23.7 Å². The Hall–Kier alpha value is -2.71. The number of ether oxygens (including phenoxy) is 1. The Morgan fingerprint density at radius 2 is 1.89 bits per heavy atom. The highest BCUT2D eigenvalue weighted by molar-refractivity contribution is 8.26. The number of nitro benzene ring substituents is 1. The van der Waals surface area contributed by atoms with E-state index in [0.29, 0.717) is 15.0 Å². The Bertz CT molecular complexity index is 955. The van der Waals surface area contributed by atoms with Gasteiger partial charge >= 0.3 is 0 Å². The lowest BCUT2D eigenvalue weighted by molar-refractivity contribution is -0.384. The highest BCUT2D eigenvalue weighted by Gasteiger charge is 2.33. The van der Waals surface area contributed by atoms with Gasteiger partial charge in [0.15, 0.2) is 0 Å². The van der Waals surface area contributed by atoms with Gasteiger partial charge in [-0.2, -0.15) is 0 Å².